The van der Waals surface area contributed by atoms with Crippen molar-refractivity contribution in [1.82, 2.24) is 14.2 Å². The van der Waals surface area contributed by atoms with Gasteiger partial charge in [0.25, 0.3) is 5.91 Å². The van der Waals surface area contributed by atoms with E-state index >= 15 is 0 Å². The first-order chi connectivity index (χ1) is 17.7. The Labute approximate surface area is 237 Å². The monoisotopic (exact) mass is 578 g/mol. The highest BCUT2D eigenvalue weighted by Crippen LogP contribution is 2.31. The Bertz CT molecular complexity index is 1320. The molecule has 1 aliphatic carbocycles. The van der Waals surface area contributed by atoms with Crippen molar-refractivity contribution in [2.75, 3.05) is 38.1 Å². The van der Waals surface area contributed by atoms with Crippen molar-refractivity contribution in [2.24, 2.45) is 0 Å². The number of benzene rings is 2. The van der Waals surface area contributed by atoms with Gasteiger partial charge in [0.15, 0.2) is 5.13 Å². The summed E-state index contributed by atoms with van der Waals surface area (Å²) in [5.41, 5.74) is 2.48. The maximum Gasteiger partial charge on any atom is 0.260 e. The van der Waals surface area contributed by atoms with E-state index in [0.29, 0.717) is 17.2 Å². The smallest absolute Gasteiger partial charge is 0.260 e. The van der Waals surface area contributed by atoms with E-state index in [9.17, 15) is 13.2 Å². The number of halogens is 1. The fourth-order valence-electron chi connectivity index (χ4n) is 4.93. The lowest BCUT2D eigenvalue weighted by atomic mass is 9.96. The first kappa shape index (κ1) is 30.5. The lowest BCUT2D eigenvalue weighted by Gasteiger charge is -2.30. The molecule has 0 aliphatic heterocycles. The second-order valence-corrected chi connectivity index (χ2v) is 12.8. The van der Waals surface area contributed by atoms with Gasteiger partial charge in [-0.3, -0.25) is 9.69 Å². The van der Waals surface area contributed by atoms with Crippen molar-refractivity contribution in [2.45, 2.75) is 63.8 Å². The van der Waals surface area contributed by atoms with Crippen LogP contribution in [0.3, 0.4) is 0 Å². The highest BCUT2D eigenvalue weighted by molar-refractivity contribution is 7.89. The molecule has 0 saturated heterocycles. The molecule has 1 aliphatic rings. The molecule has 4 rings (SSSR count). The van der Waals surface area contributed by atoms with Crippen LogP contribution in [-0.4, -0.2) is 67.8 Å². The molecule has 1 saturated carbocycles. The standard InChI is InChI=1S/C28H38N4O3S2.ClH/c1-5-31(6-2)18-19-32(28-29-25-17-12-21(3)20-26(25)36-28)27(33)22-13-15-24(16-14-22)37(34,35)30(4)23-10-8-7-9-11-23;/h12-17,20,23H,5-11,18-19H2,1-4H3;1H. The molecule has 1 fully saturated rings. The van der Waals surface area contributed by atoms with Crippen LogP contribution in [0.1, 0.15) is 61.9 Å². The molecule has 7 nitrogen and oxygen atoms in total. The number of amides is 1. The van der Waals surface area contributed by atoms with E-state index in [-0.39, 0.29) is 29.3 Å². The highest BCUT2D eigenvalue weighted by atomic mass is 35.5. The molecule has 0 radical (unpaired) electrons. The summed E-state index contributed by atoms with van der Waals surface area (Å²) in [7, 11) is -1.94. The van der Waals surface area contributed by atoms with Crippen LogP contribution >= 0.6 is 23.7 Å². The van der Waals surface area contributed by atoms with Gasteiger partial charge < -0.3 is 4.90 Å². The minimum absolute atomic E-state index is 0. The third-order valence-corrected chi connectivity index (χ3v) is 10.4. The molecule has 0 atom stereocenters. The number of aromatic nitrogens is 1. The Hall–Kier alpha value is -2.04. The van der Waals surface area contributed by atoms with E-state index in [1.54, 1.807) is 36.2 Å². The molecule has 1 aromatic heterocycles. The van der Waals surface area contributed by atoms with E-state index in [2.05, 4.69) is 24.8 Å². The highest BCUT2D eigenvalue weighted by Gasteiger charge is 2.29. The Morgan fingerprint density at radius 3 is 2.29 bits per heavy atom. The predicted octanol–water partition coefficient (Wildman–Crippen LogP) is 5.97. The number of carbonyl (C=O) groups excluding carboxylic acids is 1. The van der Waals surface area contributed by atoms with Gasteiger partial charge in [-0.05, 0) is 74.8 Å². The molecule has 1 heterocycles. The molecule has 208 valence electrons. The van der Waals surface area contributed by atoms with E-state index in [1.165, 1.54) is 22.1 Å². The SMILES string of the molecule is CCN(CC)CCN(C(=O)c1ccc(S(=O)(=O)N(C)C2CCCCC2)cc1)c1nc2ccc(C)cc2s1.Cl. The number of hydrogen-bond donors (Lipinski definition) is 0. The van der Waals surface area contributed by atoms with Crippen molar-refractivity contribution in [3.8, 4) is 0 Å². The first-order valence-electron chi connectivity index (χ1n) is 13.2. The lowest BCUT2D eigenvalue weighted by molar-refractivity contribution is 0.0983. The molecule has 38 heavy (non-hydrogen) atoms. The normalized spacial score (nSPS) is 14.7. The van der Waals surface area contributed by atoms with Crippen LogP contribution in [0.4, 0.5) is 5.13 Å². The molecule has 0 spiro atoms. The summed E-state index contributed by atoms with van der Waals surface area (Å²) < 4.78 is 29.1. The van der Waals surface area contributed by atoms with Gasteiger partial charge in [-0.1, -0.05) is 50.5 Å². The van der Waals surface area contributed by atoms with Gasteiger partial charge in [0, 0.05) is 31.7 Å². The average Bonchev–Trinajstić information content (AvgIpc) is 3.33. The van der Waals surface area contributed by atoms with Crippen molar-refractivity contribution in [1.29, 1.82) is 0 Å². The second-order valence-electron chi connectivity index (χ2n) is 9.79. The Balaban J connectivity index is 0.00000400. The van der Waals surface area contributed by atoms with Crippen LogP contribution in [0.5, 0.6) is 0 Å². The number of nitrogens with zero attached hydrogens (tertiary/aromatic N) is 4. The number of rotatable bonds is 10. The maximum absolute atomic E-state index is 13.7. The minimum atomic E-state index is -3.61. The quantitative estimate of drug-likeness (QED) is 0.296. The molecule has 0 unspecified atom stereocenters. The van der Waals surface area contributed by atoms with Gasteiger partial charge >= 0.3 is 0 Å². The number of carbonyl (C=O) groups is 1. The van der Waals surface area contributed by atoms with Crippen LogP contribution in [0.25, 0.3) is 10.2 Å². The third-order valence-electron chi connectivity index (χ3n) is 7.41. The average molecular weight is 579 g/mol. The van der Waals surface area contributed by atoms with Crippen LogP contribution in [0.2, 0.25) is 0 Å². The number of fused-ring (bicyclic) bond motifs is 1. The zero-order valence-corrected chi connectivity index (χ0v) is 25.2. The van der Waals surface area contributed by atoms with Crippen LogP contribution in [0, 0.1) is 6.92 Å². The van der Waals surface area contributed by atoms with Crippen molar-refractivity contribution in [3.05, 3.63) is 53.6 Å². The van der Waals surface area contributed by atoms with E-state index in [4.69, 9.17) is 4.98 Å². The van der Waals surface area contributed by atoms with Gasteiger partial charge in [0.2, 0.25) is 10.0 Å². The van der Waals surface area contributed by atoms with Gasteiger partial charge in [-0.15, -0.1) is 12.4 Å². The molecule has 3 aromatic rings. The summed E-state index contributed by atoms with van der Waals surface area (Å²) >= 11 is 1.51. The zero-order chi connectivity index (χ0) is 26.6. The van der Waals surface area contributed by atoms with Gasteiger partial charge in [0.1, 0.15) is 0 Å². The molecule has 0 bridgehead atoms. The summed E-state index contributed by atoms with van der Waals surface area (Å²) in [5, 5.41) is 0.659. The molecule has 2 aromatic carbocycles. The third kappa shape index (κ3) is 6.74. The summed E-state index contributed by atoms with van der Waals surface area (Å²) in [6.45, 7) is 9.30. The van der Waals surface area contributed by atoms with E-state index in [1.807, 2.05) is 19.1 Å². The van der Waals surface area contributed by atoms with E-state index in [0.717, 1.165) is 61.1 Å². The topological polar surface area (TPSA) is 73.8 Å². The number of sulfonamides is 1. The largest absolute Gasteiger partial charge is 0.302 e. The van der Waals surface area contributed by atoms with Crippen LogP contribution in [0.15, 0.2) is 47.4 Å². The van der Waals surface area contributed by atoms with Gasteiger partial charge in [-0.25, -0.2) is 13.4 Å². The Kier molecular flexibility index (Phi) is 10.7. The van der Waals surface area contributed by atoms with Gasteiger partial charge in [-0.2, -0.15) is 4.31 Å². The second kappa shape index (κ2) is 13.3. The Morgan fingerprint density at radius 2 is 1.66 bits per heavy atom. The number of likely N-dealkylation sites (N-methyl/N-ethyl adjacent to an activating group) is 1. The van der Waals surface area contributed by atoms with Crippen LogP contribution < -0.4 is 4.90 Å². The van der Waals surface area contributed by atoms with Crippen molar-refractivity contribution < 1.29 is 13.2 Å². The summed E-state index contributed by atoms with van der Waals surface area (Å²) in [6, 6.07) is 12.5. The summed E-state index contributed by atoms with van der Waals surface area (Å²) in [5.74, 6) is -0.174. The summed E-state index contributed by atoms with van der Waals surface area (Å²) in [4.78, 5) is 22.7. The minimum Gasteiger partial charge on any atom is -0.302 e. The maximum atomic E-state index is 13.7. The van der Waals surface area contributed by atoms with Crippen molar-refractivity contribution in [3.63, 3.8) is 0 Å². The predicted molar refractivity (Wildman–Crippen MR) is 159 cm³/mol. The first-order valence-corrected chi connectivity index (χ1v) is 15.5. The summed E-state index contributed by atoms with van der Waals surface area (Å²) in [6.07, 6.45) is 5.09. The zero-order valence-electron chi connectivity index (χ0n) is 22.7. The molecular weight excluding hydrogens is 540 g/mol. The number of anilines is 1. The number of aryl methyl sites for hydroxylation is 1. The fraction of sp³-hybridized carbons (Fsp3) is 0.500. The molecular formula is C28H39ClN4O3S2. The van der Waals surface area contributed by atoms with Gasteiger partial charge in [0.05, 0.1) is 15.1 Å². The molecule has 0 N–H and O–H groups in total. The number of thiazole rings is 1. The van der Waals surface area contributed by atoms with Crippen molar-refractivity contribution >= 4 is 55.0 Å². The molecule has 1 amide bonds. The molecule has 10 heteroatoms. The van der Waals surface area contributed by atoms with Crippen LogP contribution in [-0.2, 0) is 10.0 Å². The van der Waals surface area contributed by atoms with E-state index < -0.39 is 10.0 Å². The lowest BCUT2D eigenvalue weighted by Crippen LogP contribution is -2.39. The fourth-order valence-corrected chi connectivity index (χ4v) is 7.44. The Morgan fingerprint density at radius 1 is 1.00 bits per heavy atom. The number of hydrogen-bond acceptors (Lipinski definition) is 6.